The Morgan fingerprint density at radius 2 is 2.25 bits per heavy atom. The van der Waals surface area contributed by atoms with Crippen molar-refractivity contribution in [3.8, 4) is 0 Å². The topological polar surface area (TPSA) is 71.3 Å². The highest BCUT2D eigenvalue weighted by molar-refractivity contribution is 7.89. The van der Waals surface area contributed by atoms with E-state index in [0.29, 0.717) is 6.42 Å². The molecule has 0 aliphatic heterocycles. The number of hydrogen-bond donors (Lipinski definition) is 2. The fourth-order valence-electron chi connectivity index (χ4n) is 1.42. The van der Waals surface area contributed by atoms with Gasteiger partial charge in [0.05, 0.1) is 11.9 Å². The quantitative estimate of drug-likeness (QED) is 0.762. The van der Waals surface area contributed by atoms with Gasteiger partial charge in [0.2, 0.25) is 10.0 Å². The molecule has 2 N–H and O–H groups in total. The van der Waals surface area contributed by atoms with Crippen LogP contribution in [0.5, 0.6) is 0 Å². The smallest absolute Gasteiger partial charge is 0.211 e. The summed E-state index contributed by atoms with van der Waals surface area (Å²) in [6.07, 6.45) is 1.57. The van der Waals surface area contributed by atoms with E-state index in [2.05, 4.69) is 4.72 Å². The number of aliphatic hydroxyl groups excluding tert-OH is 1. The van der Waals surface area contributed by atoms with Gasteiger partial charge in [-0.05, 0) is 25.5 Å². The Labute approximate surface area is 96.1 Å². The average molecular weight is 246 g/mol. The first-order valence-corrected chi connectivity index (χ1v) is 6.88. The number of rotatable bonds is 6. The van der Waals surface area contributed by atoms with Gasteiger partial charge in [-0.2, -0.15) is 0 Å². The second-order valence-corrected chi connectivity index (χ2v) is 5.74. The third-order valence-corrected chi connectivity index (χ3v) is 3.85. The van der Waals surface area contributed by atoms with Crippen LogP contribution in [0.3, 0.4) is 0 Å². The number of aromatic nitrogens is 1. The molecule has 0 radical (unpaired) electrons. The molecule has 0 aliphatic rings. The summed E-state index contributed by atoms with van der Waals surface area (Å²) in [6, 6.07) is 3.66. The average Bonchev–Trinajstić information content (AvgIpc) is 2.64. The Balaban J connectivity index is 2.43. The van der Waals surface area contributed by atoms with Gasteiger partial charge >= 0.3 is 0 Å². The van der Waals surface area contributed by atoms with Crippen LogP contribution >= 0.6 is 0 Å². The molecule has 0 spiro atoms. The van der Waals surface area contributed by atoms with Crippen molar-refractivity contribution in [3.63, 3.8) is 0 Å². The number of sulfonamides is 1. The predicted molar refractivity (Wildman–Crippen MR) is 62.5 cm³/mol. The maximum atomic E-state index is 11.1. The molecule has 1 aromatic heterocycles. The van der Waals surface area contributed by atoms with Crippen LogP contribution in [0.15, 0.2) is 18.3 Å². The molecule has 1 aromatic rings. The first-order chi connectivity index (χ1) is 7.46. The van der Waals surface area contributed by atoms with E-state index in [1.54, 1.807) is 6.92 Å². The van der Waals surface area contributed by atoms with Crippen molar-refractivity contribution in [2.75, 3.05) is 12.3 Å². The minimum atomic E-state index is -3.16. The zero-order valence-corrected chi connectivity index (χ0v) is 10.4. The van der Waals surface area contributed by atoms with Crippen molar-refractivity contribution in [3.05, 3.63) is 24.0 Å². The van der Waals surface area contributed by atoms with E-state index >= 15 is 0 Å². The molecule has 1 heterocycles. The molecular weight excluding hydrogens is 228 g/mol. The molecule has 1 unspecified atom stereocenters. The minimum Gasteiger partial charge on any atom is -0.387 e. The molecule has 1 rings (SSSR count). The van der Waals surface area contributed by atoms with Crippen LogP contribution in [-0.2, 0) is 17.1 Å². The van der Waals surface area contributed by atoms with Gasteiger partial charge in [-0.1, -0.05) is 0 Å². The molecule has 6 heteroatoms. The number of nitrogens with zero attached hydrogens (tertiary/aromatic N) is 1. The third kappa shape index (κ3) is 3.62. The van der Waals surface area contributed by atoms with E-state index < -0.39 is 16.1 Å². The minimum absolute atomic E-state index is 0.0627. The number of hydrogen-bond acceptors (Lipinski definition) is 3. The zero-order valence-electron chi connectivity index (χ0n) is 9.55. The third-order valence-electron chi connectivity index (χ3n) is 2.45. The summed E-state index contributed by atoms with van der Waals surface area (Å²) in [4.78, 5) is 0. The fraction of sp³-hybridized carbons (Fsp3) is 0.600. The van der Waals surface area contributed by atoms with Crippen molar-refractivity contribution >= 4 is 10.0 Å². The van der Waals surface area contributed by atoms with E-state index in [1.165, 1.54) is 0 Å². The standard InChI is InChI=1S/C10H18N2O3S/c1-3-16(14,15)11-7-6-10(13)9-5-4-8-12(9)2/h4-5,8,10-11,13H,3,6-7H2,1-2H3. The van der Waals surface area contributed by atoms with E-state index in [0.717, 1.165) is 5.69 Å². The summed E-state index contributed by atoms with van der Waals surface area (Å²) in [5.41, 5.74) is 0.788. The molecule has 16 heavy (non-hydrogen) atoms. The lowest BCUT2D eigenvalue weighted by Crippen LogP contribution is -2.27. The molecule has 0 fully saturated rings. The monoisotopic (exact) mass is 246 g/mol. The normalized spacial score (nSPS) is 13.9. The highest BCUT2D eigenvalue weighted by Gasteiger charge is 2.12. The van der Waals surface area contributed by atoms with Crippen molar-refractivity contribution < 1.29 is 13.5 Å². The van der Waals surface area contributed by atoms with E-state index in [4.69, 9.17) is 0 Å². The summed E-state index contributed by atoms with van der Waals surface area (Å²) in [6.45, 7) is 1.83. The van der Waals surface area contributed by atoms with Crippen LogP contribution in [0.2, 0.25) is 0 Å². The summed E-state index contributed by atoms with van der Waals surface area (Å²) in [5.74, 6) is 0.0627. The molecule has 92 valence electrons. The van der Waals surface area contributed by atoms with Crippen LogP contribution in [0.1, 0.15) is 25.1 Å². The van der Waals surface area contributed by atoms with Gasteiger partial charge in [0, 0.05) is 25.5 Å². The van der Waals surface area contributed by atoms with Gasteiger partial charge in [0.25, 0.3) is 0 Å². The number of aliphatic hydroxyl groups is 1. The van der Waals surface area contributed by atoms with Crippen molar-refractivity contribution in [2.45, 2.75) is 19.4 Å². The second-order valence-electron chi connectivity index (χ2n) is 3.65. The SMILES string of the molecule is CCS(=O)(=O)NCCC(O)c1cccn1C. The Bertz CT molecular complexity index is 425. The summed E-state index contributed by atoms with van der Waals surface area (Å²) >= 11 is 0. The molecule has 1 atom stereocenters. The maximum absolute atomic E-state index is 11.1. The Hall–Kier alpha value is -0.850. The zero-order chi connectivity index (χ0) is 12.2. The summed E-state index contributed by atoms with van der Waals surface area (Å²) in [7, 11) is -1.32. The second kappa shape index (κ2) is 5.47. The molecule has 0 saturated carbocycles. The lowest BCUT2D eigenvalue weighted by atomic mass is 10.2. The molecule has 5 nitrogen and oxygen atoms in total. The molecule has 0 saturated heterocycles. The van der Waals surface area contributed by atoms with Crippen molar-refractivity contribution in [2.24, 2.45) is 7.05 Å². The van der Waals surface area contributed by atoms with Crippen LogP contribution in [-0.4, -0.2) is 30.4 Å². The van der Waals surface area contributed by atoms with E-state index in [9.17, 15) is 13.5 Å². The van der Waals surface area contributed by atoms with Gasteiger partial charge in [-0.3, -0.25) is 0 Å². The molecule has 0 aliphatic carbocycles. The highest BCUT2D eigenvalue weighted by atomic mass is 32.2. The molecule has 0 amide bonds. The highest BCUT2D eigenvalue weighted by Crippen LogP contribution is 2.15. The summed E-state index contributed by atoms with van der Waals surface area (Å²) < 4.78 is 26.5. The van der Waals surface area contributed by atoms with Gasteiger partial charge in [0.15, 0.2) is 0 Å². The largest absolute Gasteiger partial charge is 0.387 e. The summed E-state index contributed by atoms with van der Waals surface area (Å²) in [5, 5.41) is 9.80. The van der Waals surface area contributed by atoms with Crippen LogP contribution < -0.4 is 4.72 Å². The van der Waals surface area contributed by atoms with Gasteiger partial charge in [-0.15, -0.1) is 0 Å². The number of aryl methyl sites for hydroxylation is 1. The van der Waals surface area contributed by atoms with Gasteiger partial charge in [-0.25, -0.2) is 13.1 Å². The molecule has 0 bridgehead atoms. The Kier molecular flexibility index (Phi) is 4.52. The van der Waals surface area contributed by atoms with Crippen molar-refractivity contribution in [1.29, 1.82) is 0 Å². The van der Waals surface area contributed by atoms with Crippen LogP contribution in [0.25, 0.3) is 0 Å². The van der Waals surface area contributed by atoms with Gasteiger partial charge in [0.1, 0.15) is 0 Å². The van der Waals surface area contributed by atoms with Crippen LogP contribution in [0, 0.1) is 0 Å². The predicted octanol–water partition coefficient (Wildman–Crippen LogP) is 0.388. The molecular formula is C10H18N2O3S. The van der Waals surface area contributed by atoms with E-state index in [-0.39, 0.29) is 12.3 Å². The fourth-order valence-corrected chi connectivity index (χ4v) is 2.05. The first kappa shape index (κ1) is 13.2. The van der Waals surface area contributed by atoms with Crippen molar-refractivity contribution in [1.82, 2.24) is 9.29 Å². The first-order valence-electron chi connectivity index (χ1n) is 5.23. The molecule has 0 aromatic carbocycles. The Morgan fingerprint density at radius 3 is 2.75 bits per heavy atom. The Morgan fingerprint density at radius 1 is 1.56 bits per heavy atom. The van der Waals surface area contributed by atoms with Crippen LogP contribution in [0.4, 0.5) is 0 Å². The van der Waals surface area contributed by atoms with Gasteiger partial charge < -0.3 is 9.67 Å². The number of nitrogens with one attached hydrogen (secondary N) is 1. The lowest BCUT2D eigenvalue weighted by molar-refractivity contribution is 0.161. The van der Waals surface area contributed by atoms with E-state index in [1.807, 2.05) is 29.9 Å². The maximum Gasteiger partial charge on any atom is 0.211 e. The lowest BCUT2D eigenvalue weighted by Gasteiger charge is -2.12.